The molecule has 0 heterocycles. The Morgan fingerprint density at radius 2 is 1.32 bits per heavy atom. The first-order valence-electron chi connectivity index (χ1n) is 16.0. The molecule has 0 saturated carbocycles. The minimum Gasteiger partial charge on any atom is -0.390 e. The second-order valence-electron chi connectivity index (χ2n) is 11.6. The quantitative estimate of drug-likeness (QED) is 0.143. The lowest BCUT2D eigenvalue weighted by atomic mass is 9.99. The summed E-state index contributed by atoms with van der Waals surface area (Å²) in [6, 6.07) is 21.3. The van der Waals surface area contributed by atoms with Crippen LogP contribution in [0, 0.1) is 0 Å². The van der Waals surface area contributed by atoms with Crippen molar-refractivity contribution in [1.29, 1.82) is 0 Å². The maximum atomic E-state index is 13.7. The number of nitrogens with one attached hydrogen (secondary N) is 2. The first kappa shape index (κ1) is 37.4. The van der Waals surface area contributed by atoms with Gasteiger partial charge in [0.25, 0.3) is 11.8 Å². The standard InChI is InChI=1S/C35H47N5O6S/c1-4-17-39(18-5-2)35(44)30-22-28(33(36)42)21-29(23-30)34(43)37-31(20-26-13-9-7-10-14-26)32(41)24-40(19-6-3)38-47(45,46)25-27-15-11-8-12-16-27/h7-16,21-23,31-32,38,41H,4-6,17-20,24-25H2,1-3H3,(H2,36,42)(H,37,43). The molecule has 0 saturated heterocycles. The van der Waals surface area contributed by atoms with Gasteiger partial charge < -0.3 is 21.1 Å². The van der Waals surface area contributed by atoms with E-state index in [0.29, 0.717) is 31.6 Å². The van der Waals surface area contributed by atoms with Crippen molar-refractivity contribution in [2.45, 2.75) is 64.4 Å². The zero-order valence-electron chi connectivity index (χ0n) is 27.4. The summed E-state index contributed by atoms with van der Waals surface area (Å²) in [5.74, 6) is -1.96. The molecule has 2 atom stereocenters. The van der Waals surface area contributed by atoms with Crippen molar-refractivity contribution >= 4 is 27.7 Å². The van der Waals surface area contributed by atoms with Crippen LogP contribution in [-0.4, -0.2) is 79.5 Å². The maximum absolute atomic E-state index is 13.7. The minimum atomic E-state index is -3.80. The summed E-state index contributed by atoms with van der Waals surface area (Å²) in [4.78, 5) is 43.6. The van der Waals surface area contributed by atoms with Gasteiger partial charge in [0.1, 0.15) is 0 Å². The fourth-order valence-electron chi connectivity index (χ4n) is 5.28. The Bertz CT molecular complexity index is 1560. The lowest BCUT2D eigenvalue weighted by Gasteiger charge is -2.30. The number of aliphatic hydroxyl groups excluding tert-OH is 1. The van der Waals surface area contributed by atoms with Gasteiger partial charge in [-0.3, -0.25) is 14.4 Å². The molecule has 0 radical (unpaired) electrons. The molecular formula is C35H47N5O6S. The molecule has 11 nitrogen and oxygen atoms in total. The molecule has 3 amide bonds. The van der Waals surface area contributed by atoms with Crippen molar-refractivity contribution in [2.24, 2.45) is 5.73 Å². The molecule has 0 fully saturated rings. The molecule has 3 aromatic carbocycles. The number of hydrogen-bond acceptors (Lipinski definition) is 7. The van der Waals surface area contributed by atoms with Crippen molar-refractivity contribution < 1.29 is 27.9 Å². The van der Waals surface area contributed by atoms with Crippen molar-refractivity contribution in [3.05, 3.63) is 107 Å². The number of hydrogen-bond donors (Lipinski definition) is 4. The Labute approximate surface area is 278 Å². The highest BCUT2D eigenvalue weighted by molar-refractivity contribution is 7.88. The van der Waals surface area contributed by atoms with Gasteiger partial charge in [0.2, 0.25) is 15.9 Å². The third-order valence-electron chi connectivity index (χ3n) is 7.45. The predicted molar refractivity (Wildman–Crippen MR) is 183 cm³/mol. The van der Waals surface area contributed by atoms with E-state index in [1.54, 1.807) is 35.2 Å². The van der Waals surface area contributed by atoms with Gasteiger partial charge in [-0.15, -0.1) is 4.83 Å². The molecule has 3 aromatic rings. The normalized spacial score (nSPS) is 12.8. The van der Waals surface area contributed by atoms with Gasteiger partial charge in [-0.1, -0.05) is 81.4 Å². The number of sulfonamides is 1. The average molecular weight is 666 g/mol. The van der Waals surface area contributed by atoms with Gasteiger partial charge in [0, 0.05) is 42.9 Å². The molecule has 12 heteroatoms. The van der Waals surface area contributed by atoms with E-state index in [1.165, 1.54) is 23.2 Å². The fourth-order valence-corrected chi connectivity index (χ4v) is 6.54. The molecular weight excluding hydrogens is 618 g/mol. The van der Waals surface area contributed by atoms with Gasteiger partial charge in [0.05, 0.1) is 17.9 Å². The van der Waals surface area contributed by atoms with Crippen LogP contribution in [0.3, 0.4) is 0 Å². The monoisotopic (exact) mass is 665 g/mol. The van der Waals surface area contributed by atoms with Crippen molar-refractivity contribution in [3.8, 4) is 0 Å². The summed E-state index contributed by atoms with van der Waals surface area (Å²) in [5, 5.41) is 15.8. The Hall–Kier alpha value is -4.10. The number of benzene rings is 3. The number of hydrazine groups is 1. The van der Waals surface area contributed by atoms with Gasteiger partial charge in [-0.05, 0) is 55.0 Å². The maximum Gasteiger partial charge on any atom is 0.253 e. The number of nitrogens with two attached hydrogens (primary N) is 1. The van der Waals surface area contributed by atoms with Crippen molar-refractivity contribution in [2.75, 3.05) is 26.2 Å². The Morgan fingerprint density at radius 1 is 0.787 bits per heavy atom. The van der Waals surface area contributed by atoms with Gasteiger partial charge >= 0.3 is 0 Å². The third-order valence-corrected chi connectivity index (χ3v) is 8.70. The van der Waals surface area contributed by atoms with E-state index >= 15 is 0 Å². The third kappa shape index (κ3) is 11.9. The SMILES string of the molecule is CCCN(CC(O)C(Cc1ccccc1)NC(=O)c1cc(C(N)=O)cc(C(=O)N(CCC)CCC)c1)NS(=O)(=O)Cc1ccccc1. The van der Waals surface area contributed by atoms with Crippen LogP contribution < -0.4 is 15.9 Å². The fraction of sp³-hybridized carbons (Fsp3) is 0.400. The van der Waals surface area contributed by atoms with Crippen molar-refractivity contribution in [1.82, 2.24) is 20.1 Å². The molecule has 254 valence electrons. The zero-order chi connectivity index (χ0) is 34.4. The van der Waals surface area contributed by atoms with E-state index in [9.17, 15) is 27.9 Å². The summed E-state index contributed by atoms with van der Waals surface area (Å²) in [6.45, 7) is 7.04. The molecule has 0 aliphatic heterocycles. The highest BCUT2D eigenvalue weighted by Gasteiger charge is 2.27. The summed E-state index contributed by atoms with van der Waals surface area (Å²) in [5.41, 5.74) is 7.25. The first-order chi connectivity index (χ1) is 22.5. The second-order valence-corrected chi connectivity index (χ2v) is 13.3. The molecule has 5 N–H and O–H groups in total. The molecule has 0 aliphatic rings. The summed E-state index contributed by atoms with van der Waals surface area (Å²) in [6.07, 6.45) is 1.10. The Morgan fingerprint density at radius 3 is 1.87 bits per heavy atom. The predicted octanol–water partition coefficient (Wildman–Crippen LogP) is 3.50. The van der Waals surface area contributed by atoms with E-state index in [4.69, 9.17) is 5.73 Å². The van der Waals surface area contributed by atoms with Crippen LogP contribution in [0.2, 0.25) is 0 Å². The number of carbonyl (C=O) groups is 3. The molecule has 2 unspecified atom stereocenters. The molecule has 0 aromatic heterocycles. The van der Waals surface area contributed by atoms with Crippen LogP contribution in [0.5, 0.6) is 0 Å². The molecule has 47 heavy (non-hydrogen) atoms. The number of rotatable bonds is 19. The van der Waals surface area contributed by atoms with Crippen LogP contribution in [0.1, 0.15) is 82.2 Å². The van der Waals surface area contributed by atoms with E-state index < -0.39 is 34.0 Å². The van der Waals surface area contributed by atoms with E-state index in [1.807, 2.05) is 51.1 Å². The molecule has 3 rings (SSSR count). The highest BCUT2D eigenvalue weighted by atomic mass is 32.2. The van der Waals surface area contributed by atoms with Crippen LogP contribution in [0.15, 0.2) is 78.9 Å². The van der Waals surface area contributed by atoms with E-state index in [2.05, 4.69) is 10.1 Å². The Balaban J connectivity index is 1.89. The minimum absolute atomic E-state index is 0.0102. The van der Waals surface area contributed by atoms with Crippen LogP contribution >= 0.6 is 0 Å². The smallest absolute Gasteiger partial charge is 0.253 e. The largest absolute Gasteiger partial charge is 0.390 e. The number of carbonyl (C=O) groups excluding carboxylic acids is 3. The second kappa shape index (κ2) is 18.3. The van der Waals surface area contributed by atoms with Crippen LogP contribution in [-0.2, 0) is 22.2 Å². The first-order valence-corrected chi connectivity index (χ1v) is 17.7. The highest BCUT2D eigenvalue weighted by Crippen LogP contribution is 2.16. The van der Waals surface area contributed by atoms with Crippen LogP contribution in [0.25, 0.3) is 0 Å². The van der Waals surface area contributed by atoms with Gasteiger partial charge in [0.15, 0.2) is 0 Å². The molecule has 0 spiro atoms. The summed E-state index contributed by atoms with van der Waals surface area (Å²) >= 11 is 0. The number of amides is 3. The molecule has 0 aliphatic carbocycles. The number of primary amides is 1. The summed E-state index contributed by atoms with van der Waals surface area (Å²) in [7, 11) is -3.80. The van der Waals surface area contributed by atoms with E-state index in [0.717, 1.165) is 18.4 Å². The topological polar surface area (TPSA) is 162 Å². The number of aliphatic hydroxyl groups is 1. The Kier molecular flexibility index (Phi) is 14.5. The summed E-state index contributed by atoms with van der Waals surface area (Å²) < 4.78 is 26.0. The van der Waals surface area contributed by atoms with Gasteiger partial charge in [-0.25, -0.2) is 13.4 Å². The number of nitrogens with zero attached hydrogens (tertiary/aromatic N) is 2. The zero-order valence-corrected chi connectivity index (χ0v) is 28.2. The van der Waals surface area contributed by atoms with Gasteiger partial charge in [-0.2, -0.15) is 0 Å². The van der Waals surface area contributed by atoms with Crippen LogP contribution in [0.4, 0.5) is 0 Å². The van der Waals surface area contributed by atoms with Crippen molar-refractivity contribution in [3.63, 3.8) is 0 Å². The average Bonchev–Trinajstić information content (AvgIpc) is 3.04. The van der Waals surface area contributed by atoms with E-state index in [-0.39, 0.29) is 41.3 Å². The lowest BCUT2D eigenvalue weighted by molar-refractivity contribution is 0.0618. The molecule has 0 bridgehead atoms. The lowest BCUT2D eigenvalue weighted by Crippen LogP contribution is -2.53.